The van der Waals surface area contributed by atoms with Crippen LogP contribution in [0.15, 0.2) is 70.1 Å². The quantitative estimate of drug-likeness (QED) is 0.498. The van der Waals surface area contributed by atoms with Crippen molar-refractivity contribution in [1.29, 1.82) is 0 Å². The van der Waals surface area contributed by atoms with E-state index in [2.05, 4.69) is 20.4 Å². The van der Waals surface area contributed by atoms with Crippen LogP contribution in [0.1, 0.15) is 16.8 Å². The van der Waals surface area contributed by atoms with Crippen LogP contribution in [0.25, 0.3) is 23.5 Å². The standard InChI is InChI=1S/C22H19N5O3/c1-14-15(2)23-22(25-21(14)29)27-19(13-17(26-27)18-9-6-12-30-18)24-20(28)11-10-16-7-4-3-5-8-16/h3-13H,1-2H3,(H,24,28)(H,23,25,29). The van der Waals surface area contributed by atoms with Crippen LogP contribution in [0.5, 0.6) is 0 Å². The molecule has 3 aromatic heterocycles. The van der Waals surface area contributed by atoms with Crippen molar-refractivity contribution in [1.82, 2.24) is 19.7 Å². The van der Waals surface area contributed by atoms with Gasteiger partial charge in [0, 0.05) is 23.4 Å². The number of nitrogens with one attached hydrogen (secondary N) is 2. The van der Waals surface area contributed by atoms with Crippen molar-refractivity contribution in [2.75, 3.05) is 5.32 Å². The maximum atomic E-state index is 12.5. The number of hydrogen-bond acceptors (Lipinski definition) is 5. The number of aromatic amines is 1. The van der Waals surface area contributed by atoms with E-state index in [1.807, 2.05) is 30.3 Å². The molecule has 0 aliphatic heterocycles. The van der Waals surface area contributed by atoms with Gasteiger partial charge in [-0.1, -0.05) is 30.3 Å². The minimum atomic E-state index is -0.350. The second-order valence-electron chi connectivity index (χ2n) is 6.64. The lowest BCUT2D eigenvalue weighted by Crippen LogP contribution is -2.20. The Labute approximate surface area is 171 Å². The minimum Gasteiger partial charge on any atom is -0.463 e. The van der Waals surface area contributed by atoms with Crippen molar-refractivity contribution < 1.29 is 9.21 Å². The summed E-state index contributed by atoms with van der Waals surface area (Å²) in [5.41, 5.74) is 2.22. The SMILES string of the molecule is Cc1nc(-n2nc(-c3ccco3)cc2NC(=O)C=Cc2ccccc2)[nH]c(=O)c1C. The van der Waals surface area contributed by atoms with Crippen molar-refractivity contribution in [3.63, 3.8) is 0 Å². The Bertz CT molecular complexity index is 1270. The van der Waals surface area contributed by atoms with Crippen molar-refractivity contribution in [2.24, 2.45) is 0 Å². The predicted octanol–water partition coefficient (Wildman–Crippen LogP) is 3.48. The molecular weight excluding hydrogens is 382 g/mol. The van der Waals surface area contributed by atoms with Crippen molar-refractivity contribution in [3.05, 3.63) is 88.0 Å². The maximum absolute atomic E-state index is 12.5. The largest absolute Gasteiger partial charge is 0.463 e. The van der Waals surface area contributed by atoms with E-state index in [4.69, 9.17) is 4.42 Å². The van der Waals surface area contributed by atoms with Crippen LogP contribution < -0.4 is 10.9 Å². The Morgan fingerprint density at radius 1 is 1.17 bits per heavy atom. The molecule has 3 heterocycles. The molecule has 2 N–H and O–H groups in total. The first-order valence-corrected chi connectivity index (χ1v) is 9.27. The normalized spacial score (nSPS) is 11.1. The fourth-order valence-corrected chi connectivity index (χ4v) is 2.81. The number of benzene rings is 1. The first-order chi connectivity index (χ1) is 14.5. The van der Waals surface area contributed by atoms with E-state index >= 15 is 0 Å². The molecule has 0 unspecified atom stereocenters. The molecule has 4 rings (SSSR count). The molecule has 1 amide bonds. The molecule has 0 aliphatic carbocycles. The van der Waals surface area contributed by atoms with E-state index in [0.29, 0.717) is 28.5 Å². The summed E-state index contributed by atoms with van der Waals surface area (Å²) in [7, 11) is 0. The Morgan fingerprint density at radius 3 is 2.67 bits per heavy atom. The second kappa shape index (κ2) is 8.04. The molecule has 1 aromatic carbocycles. The van der Waals surface area contributed by atoms with Gasteiger partial charge in [0.15, 0.2) is 5.76 Å². The molecule has 0 atom stereocenters. The number of nitrogens with zero attached hydrogens (tertiary/aromatic N) is 3. The lowest BCUT2D eigenvalue weighted by atomic mass is 10.2. The van der Waals surface area contributed by atoms with E-state index < -0.39 is 0 Å². The van der Waals surface area contributed by atoms with Crippen LogP contribution >= 0.6 is 0 Å². The van der Waals surface area contributed by atoms with E-state index in [1.54, 1.807) is 38.1 Å². The van der Waals surface area contributed by atoms with Crippen LogP contribution in [0.3, 0.4) is 0 Å². The Hall–Kier alpha value is -4.20. The zero-order valence-electron chi connectivity index (χ0n) is 16.4. The lowest BCUT2D eigenvalue weighted by molar-refractivity contribution is -0.111. The molecule has 0 aliphatic rings. The predicted molar refractivity (Wildman–Crippen MR) is 113 cm³/mol. The summed E-state index contributed by atoms with van der Waals surface area (Å²) in [5, 5.41) is 7.24. The van der Waals surface area contributed by atoms with Crippen molar-refractivity contribution >= 4 is 17.8 Å². The summed E-state index contributed by atoms with van der Waals surface area (Å²) in [5.74, 6) is 0.714. The van der Waals surface area contributed by atoms with Gasteiger partial charge >= 0.3 is 0 Å². The van der Waals surface area contributed by atoms with Gasteiger partial charge in [-0.2, -0.15) is 9.78 Å². The smallest absolute Gasteiger partial charge is 0.255 e. The van der Waals surface area contributed by atoms with Crippen LogP contribution in [0.2, 0.25) is 0 Å². The van der Waals surface area contributed by atoms with Crippen LogP contribution in [-0.4, -0.2) is 25.7 Å². The van der Waals surface area contributed by atoms with Gasteiger partial charge in [-0.05, 0) is 37.6 Å². The maximum Gasteiger partial charge on any atom is 0.255 e. The van der Waals surface area contributed by atoms with Crippen LogP contribution in [-0.2, 0) is 4.79 Å². The average Bonchev–Trinajstić information content (AvgIpc) is 3.41. The topological polar surface area (TPSA) is 106 Å². The third kappa shape index (κ3) is 3.97. The fourth-order valence-electron chi connectivity index (χ4n) is 2.81. The number of amides is 1. The number of H-pyrrole nitrogens is 1. The van der Waals surface area contributed by atoms with Crippen LogP contribution in [0, 0.1) is 13.8 Å². The summed E-state index contributed by atoms with van der Waals surface area (Å²) in [4.78, 5) is 31.8. The van der Waals surface area contributed by atoms with E-state index in [1.165, 1.54) is 17.0 Å². The number of aryl methyl sites for hydroxylation is 1. The van der Waals surface area contributed by atoms with E-state index in [0.717, 1.165) is 5.56 Å². The highest BCUT2D eigenvalue weighted by atomic mass is 16.3. The number of aromatic nitrogens is 4. The molecule has 0 spiro atoms. The number of carbonyl (C=O) groups excluding carboxylic acids is 1. The molecule has 4 aromatic rings. The highest BCUT2D eigenvalue weighted by Gasteiger charge is 2.17. The second-order valence-corrected chi connectivity index (χ2v) is 6.64. The van der Waals surface area contributed by atoms with E-state index in [9.17, 15) is 9.59 Å². The van der Waals surface area contributed by atoms with Crippen molar-refractivity contribution in [2.45, 2.75) is 13.8 Å². The molecule has 30 heavy (non-hydrogen) atoms. The highest BCUT2D eigenvalue weighted by molar-refractivity contribution is 6.01. The molecule has 0 radical (unpaired) electrons. The van der Waals surface area contributed by atoms with Gasteiger partial charge in [-0.15, -0.1) is 0 Å². The molecule has 8 heteroatoms. The summed E-state index contributed by atoms with van der Waals surface area (Å²) in [6.07, 6.45) is 4.67. The number of carbonyl (C=O) groups is 1. The molecule has 8 nitrogen and oxygen atoms in total. The zero-order chi connectivity index (χ0) is 21.1. The fraction of sp³-hybridized carbons (Fsp3) is 0.0909. The Morgan fingerprint density at radius 2 is 1.97 bits per heavy atom. The number of furan rings is 1. The average molecular weight is 401 g/mol. The Kier molecular flexibility index (Phi) is 5.13. The van der Waals surface area contributed by atoms with E-state index in [-0.39, 0.29) is 17.4 Å². The van der Waals surface area contributed by atoms with Gasteiger partial charge in [-0.25, -0.2) is 4.98 Å². The zero-order valence-corrected chi connectivity index (χ0v) is 16.4. The summed E-state index contributed by atoms with van der Waals surface area (Å²) < 4.78 is 6.78. The number of anilines is 1. The van der Waals surface area contributed by atoms with Crippen LogP contribution in [0.4, 0.5) is 5.82 Å². The number of rotatable bonds is 5. The van der Waals surface area contributed by atoms with Gasteiger partial charge in [0.1, 0.15) is 11.5 Å². The highest BCUT2D eigenvalue weighted by Crippen LogP contribution is 2.24. The van der Waals surface area contributed by atoms with Gasteiger partial charge in [0.25, 0.3) is 5.56 Å². The molecule has 0 fully saturated rings. The van der Waals surface area contributed by atoms with Gasteiger partial charge < -0.3 is 9.73 Å². The summed E-state index contributed by atoms with van der Waals surface area (Å²) in [6, 6.07) is 14.6. The molecule has 0 saturated carbocycles. The molecular formula is C22H19N5O3. The minimum absolute atomic E-state index is 0.197. The molecule has 0 saturated heterocycles. The number of hydrogen-bond donors (Lipinski definition) is 2. The van der Waals surface area contributed by atoms with Crippen molar-refractivity contribution in [3.8, 4) is 17.4 Å². The Balaban J connectivity index is 1.70. The van der Waals surface area contributed by atoms with Gasteiger partial charge in [0.2, 0.25) is 11.9 Å². The first-order valence-electron chi connectivity index (χ1n) is 9.27. The third-order valence-electron chi connectivity index (χ3n) is 4.54. The monoisotopic (exact) mass is 401 g/mol. The lowest BCUT2D eigenvalue weighted by Gasteiger charge is -2.08. The summed E-state index contributed by atoms with van der Waals surface area (Å²) >= 11 is 0. The third-order valence-corrected chi connectivity index (χ3v) is 4.54. The summed E-state index contributed by atoms with van der Waals surface area (Å²) in [6.45, 7) is 3.44. The molecule has 150 valence electrons. The first kappa shape index (κ1) is 19.1. The van der Waals surface area contributed by atoms with Gasteiger partial charge in [0.05, 0.1) is 6.26 Å². The van der Waals surface area contributed by atoms with Gasteiger partial charge in [-0.3, -0.25) is 14.6 Å². The molecule has 0 bridgehead atoms.